The van der Waals surface area contributed by atoms with Crippen molar-refractivity contribution in [2.75, 3.05) is 13.2 Å². The normalized spacial score (nSPS) is 13.7. The van der Waals surface area contributed by atoms with Gasteiger partial charge in [-0.15, -0.1) is 0 Å². The first-order valence-electron chi connectivity index (χ1n) is 26.9. The van der Waals surface area contributed by atoms with E-state index in [1.165, 1.54) is 0 Å². The Morgan fingerprint density at radius 1 is 0.282 bits per heavy atom. The van der Waals surface area contributed by atoms with Gasteiger partial charge < -0.3 is 14.2 Å². The van der Waals surface area contributed by atoms with Gasteiger partial charge in [0.2, 0.25) is 0 Å². The third-order valence-electron chi connectivity index (χ3n) is 10.1. The van der Waals surface area contributed by atoms with Crippen molar-refractivity contribution in [1.29, 1.82) is 0 Å². The first-order valence-corrected chi connectivity index (χ1v) is 26.9. The number of hydrogen-bond acceptors (Lipinski definition) is 6. The molecule has 0 aliphatic carbocycles. The Morgan fingerprint density at radius 2 is 0.521 bits per heavy atom. The quantitative estimate of drug-likeness (QED) is 0.0262. The summed E-state index contributed by atoms with van der Waals surface area (Å²) in [5.74, 6) is -1.19. The lowest BCUT2D eigenvalue weighted by molar-refractivity contribution is -0.166. The fourth-order valence-corrected chi connectivity index (χ4v) is 6.19. The number of unbranched alkanes of at least 4 members (excludes halogenated alkanes) is 2. The summed E-state index contributed by atoms with van der Waals surface area (Å²) in [5, 5.41) is 0. The van der Waals surface area contributed by atoms with Crippen LogP contribution in [0.5, 0.6) is 0 Å². The first-order chi connectivity index (χ1) is 35.0. The lowest BCUT2D eigenvalue weighted by Crippen LogP contribution is -2.30. The summed E-state index contributed by atoms with van der Waals surface area (Å²) in [7, 11) is 0. The van der Waals surface area contributed by atoms with Gasteiger partial charge in [0.15, 0.2) is 6.10 Å². The van der Waals surface area contributed by atoms with Crippen LogP contribution in [0.15, 0.2) is 194 Å². The number of ether oxygens (including phenoxy) is 3. The number of allylic oxidation sites excluding steroid dienone is 32. The standard InChI is InChI=1S/C65H94O6/c1-4-7-10-13-16-19-22-25-28-30-32-34-37-40-43-46-49-52-55-58-64(67)70-61-62(60-69-63(66)57-54-51-48-45-42-39-36-27-24-21-18-15-12-9-6-3)71-65(68)59-56-53-50-47-44-41-38-35-33-31-29-26-23-20-17-14-11-8-5-2/h7-12,16-21,25-29,32-36,40-45,49-50,52-53,62H,4-6,13-15,22-24,30-31,37-39,46-48,51,54-61H2,1-3H3/b10-7-,11-8-,12-9-,19-16-,20-17-,21-18-,28-25-,29-26-,34-32-,35-33-,36-27-,43-40-,44-41-,45-42-,52-49-,53-50-/t62-/m1/s1. The SMILES string of the molecule is CC/C=C\C/C=C\C/C=C\C/C=C\C/C=C\C/C=C\CCC(=O)OC[C@@H](COC(=O)CCCC/C=C\C/C=C\C/C=C\C/C=C\CC)OC(=O)CC/C=C\C/C=C\C/C=C\C/C=C\C/C=C\C/C=C\CC. The van der Waals surface area contributed by atoms with Gasteiger partial charge in [0.05, 0.1) is 0 Å². The molecule has 0 saturated heterocycles. The molecule has 0 aliphatic rings. The number of hydrogen-bond donors (Lipinski definition) is 0. The second-order valence-electron chi connectivity index (χ2n) is 16.6. The lowest BCUT2D eigenvalue weighted by Gasteiger charge is -2.18. The zero-order valence-electron chi connectivity index (χ0n) is 44.4. The van der Waals surface area contributed by atoms with Crippen LogP contribution in [0.1, 0.15) is 175 Å². The molecule has 6 nitrogen and oxygen atoms in total. The van der Waals surface area contributed by atoms with Crippen LogP contribution in [0.3, 0.4) is 0 Å². The van der Waals surface area contributed by atoms with Gasteiger partial charge in [-0.3, -0.25) is 14.4 Å². The van der Waals surface area contributed by atoms with E-state index in [4.69, 9.17) is 14.2 Å². The van der Waals surface area contributed by atoms with Crippen molar-refractivity contribution in [1.82, 2.24) is 0 Å². The van der Waals surface area contributed by atoms with Crippen molar-refractivity contribution in [3.05, 3.63) is 194 Å². The molecule has 0 heterocycles. The minimum atomic E-state index is -0.879. The van der Waals surface area contributed by atoms with Gasteiger partial charge in [-0.1, -0.05) is 215 Å². The van der Waals surface area contributed by atoms with E-state index >= 15 is 0 Å². The molecule has 0 aromatic rings. The molecular weight excluding hydrogens is 877 g/mol. The van der Waals surface area contributed by atoms with Crippen molar-refractivity contribution in [3.8, 4) is 0 Å². The maximum absolute atomic E-state index is 12.8. The van der Waals surface area contributed by atoms with Crippen molar-refractivity contribution in [3.63, 3.8) is 0 Å². The van der Waals surface area contributed by atoms with Crippen LogP contribution in [0.2, 0.25) is 0 Å². The summed E-state index contributed by atoms with van der Waals surface area (Å²) in [5.41, 5.74) is 0. The zero-order valence-corrected chi connectivity index (χ0v) is 44.4. The third kappa shape index (κ3) is 55.1. The Morgan fingerprint density at radius 3 is 0.817 bits per heavy atom. The summed E-state index contributed by atoms with van der Waals surface area (Å²) in [6.07, 6.45) is 87.3. The number of esters is 3. The van der Waals surface area contributed by atoms with Gasteiger partial charge in [0.25, 0.3) is 0 Å². The van der Waals surface area contributed by atoms with E-state index in [0.29, 0.717) is 19.3 Å². The monoisotopic (exact) mass is 971 g/mol. The number of rotatable bonds is 45. The molecule has 0 fully saturated rings. The molecule has 390 valence electrons. The molecule has 1 atom stereocenters. The maximum Gasteiger partial charge on any atom is 0.306 e. The van der Waals surface area contributed by atoms with E-state index in [9.17, 15) is 14.4 Å². The summed E-state index contributed by atoms with van der Waals surface area (Å²) >= 11 is 0. The molecule has 0 aromatic heterocycles. The average Bonchev–Trinajstić information content (AvgIpc) is 3.37. The predicted octanol–water partition coefficient (Wildman–Crippen LogP) is 18.3. The summed E-state index contributed by atoms with van der Waals surface area (Å²) in [6.45, 7) is 6.09. The summed E-state index contributed by atoms with van der Waals surface area (Å²) in [4.78, 5) is 38.0. The van der Waals surface area contributed by atoms with E-state index in [1.807, 2.05) is 24.3 Å². The Labute approximate surface area is 433 Å². The minimum absolute atomic E-state index is 0.165. The minimum Gasteiger partial charge on any atom is -0.462 e. The molecule has 0 aromatic carbocycles. The predicted molar refractivity (Wildman–Crippen MR) is 306 cm³/mol. The smallest absolute Gasteiger partial charge is 0.306 e. The van der Waals surface area contributed by atoms with E-state index in [0.717, 1.165) is 116 Å². The van der Waals surface area contributed by atoms with Crippen LogP contribution in [-0.4, -0.2) is 37.2 Å². The van der Waals surface area contributed by atoms with Gasteiger partial charge in [0.1, 0.15) is 13.2 Å². The van der Waals surface area contributed by atoms with Gasteiger partial charge in [-0.25, -0.2) is 0 Å². The number of carbonyl (C=O) groups excluding carboxylic acids is 3. The molecule has 0 saturated carbocycles. The van der Waals surface area contributed by atoms with E-state index in [2.05, 4.69) is 191 Å². The molecule has 0 radical (unpaired) electrons. The second kappa shape index (κ2) is 56.8. The molecule has 6 heteroatoms. The second-order valence-corrected chi connectivity index (χ2v) is 16.6. The molecule has 0 unspecified atom stereocenters. The first kappa shape index (κ1) is 65.2. The molecule has 0 N–H and O–H groups in total. The van der Waals surface area contributed by atoms with Crippen molar-refractivity contribution >= 4 is 17.9 Å². The molecular formula is C65H94O6. The van der Waals surface area contributed by atoms with Crippen molar-refractivity contribution in [2.45, 2.75) is 181 Å². The highest BCUT2D eigenvalue weighted by Crippen LogP contribution is 2.08. The lowest BCUT2D eigenvalue weighted by atomic mass is 10.2. The van der Waals surface area contributed by atoms with Gasteiger partial charge in [-0.2, -0.15) is 0 Å². The van der Waals surface area contributed by atoms with Crippen molar-refractivity contribution < 1.29 is 28.6 Å². The van der Waals surface area contributed by atoms with E-state index in [1.54, 1.807) is 0 Å². The van der Waals surface area contributed by atoms with Crippen LogP contribution >= 0.6 is 0 Å². The molecule has 0 spiro atoms. The van der Waals surface area contributed by atoms with Crippen LogP contribution in [0.25, 0.3) is 0 Å². The number of carbonyl (C=O) groups is 3. The van der Waals surface area contributed by atoms with Crippen LogP contribution in [0.4, 0.5) is 0 Å². The highest BCUT2D eigenvalue weighted by molar-refractivity contribution is 5.71. The Balaban J connectivity index is 4.73. The molecule has 0 rings (SSSR count). The Bertz CT molecular complexity index is 1780. The molecule has 0 bridgehead atoms. The van der Waals surface area contributed by atoms with Crippen LogP contribution in [-0.2, 0) is 28.6 Å². The van der Waals surface area contributed by atoms with E-state index in [-0.39, 0.29) is 38.4 Å². The summed E-state index contributed by atoms with van der Waals surface area (Å²) in [6, 6.07) is 0. The largest absolute Gasteiger partial charge is 0.462 e. The topological polar surface area (TPSA) is 78.9 Å². The molecule has 0 aliphatic heterocycles. The highest BCUT2D eigenvalue weighted by Gasteiger charge is 2.19. The van der Waals surface area contributed by atoms with Crippen molar-refractivity contribution in [2.24, 2.45) is 0 Å². The zero-order chi connectivity index (χ0) is 51.4. The fourth-order valence-electron chi connectivity index (χ4n) is 6.19. The summed E-state index contributed by atoms with van der Waals surface area (Å²) < 4.78 is 16.6. The Kier molecular flexibility index (Phi) is 52.2. The van der Waals surface area contributed by atoms with Gasteiger partial charge in [0, 0.05) is 19.3 Å². The van der Waals surface area contributed by atoms with E-state index < -0.39 is 18.0 Å². The fraction of sp³-hybridized carbons (Fsp3) is 0.462. The van der Waals surface area contributed by atoms with Crippen LogP contribution < -0.4 is 0 Å². The average molecular weight is 971 g/mol. The highest BCUT2D eigenvalue weighted by atomic mass is 16.6. The maximum atomic E-state index is 12.8. The third-order valence-corrected chi connectivity index (χ3v) is 10.1. The van der Waals surface area contributed by atoms with Gasteiger partial charge in [-0.05, 0) is 135 Å². The Hall–Kier alpha value is -5.75. The van der Waals surface area contributed by atoms with Gasteiger partial charge >= 0.3 is 17.9 Å². The molecule has 0 amide bonds. The molecule has 71 heavy (non-hydrogen) atoms. The van der Waals surface area contributed by atoms with Crippen LogP contribution in [0, 0.1) is 0 Å².